The summed E-state index contributed by atoms with van der Waals surface area (Å²) in [6.07, 6.45) is 4.73. The SMILES string of the molecule is O=C(c1ccccc1F)N1CCC(Cc2c3c(cc4c2OCC4)OCC3)CC1. The fraction of sp³-hybridized carbons (Fsp3) is 0.435. The van der Waals surface area contributed by atoms with Crippen LogP contribution in [0, 0.1) is 11.7 Å². The van der Waals surface area contributed by atoms with Crippen LogP contribution in [0.4, 0.5) is 4.39 Å². The van der Waals surface area contributed by atoms with Gasteiger partial charge in [-0.05, 0) is 43.4 Å². The standard InChI is InChI=1S/C23H24FNO3/c24-20-4-2-1-3-18(20)23(26)25-9-5-15(6-10-25)13-19-17-8-12-27-21(17)14-16-7-11-28-22(16)19/h1-4,14-15H,5-13H2. The Balaban J connectivity index is 1.29. The highest BCUT2D eigenvalue weighted by Gasteiger charge is 2.30. The van der Waals surface area contributed by atoms with Gasteiger partial charge in [-0.1, -0.05) is 12.1 Å². The van der Waals surface area contributed by atoms with E-state index in [-0.39, 0.29) is 11.5 Å². The van der Waals surface area contributed by atoms with Crippen LogP contribution in [0.25, 0.3) is 0 Å². The number of piperidine rings is 1. The predicted molar refractivity (Wildman–Crippen MR) is 104 cm³/mol. The van der Waals surface area contributed by atoms with Gasteiger partial charge in [-0.3, -0.25) is 4.79 Å². The molecule has 0 bridgehead atoms. The van der Waals surface area contributed by atoms with Crippen LogP contribution in [0.2, 0.25) is 0 Å². The van der Waals surface area contributed by atoms with E-state index in [2.05, 4.69) is 6.07 Å². The van der Waals surface area contributed by atoms with Gasteiger partial charge in [0.15, 0.2) is 0 Å². The number of hydrogen-bond donors (Lipinski definition) is 0. The molecule has 0 unspecified atom stereocenters. The smallest absolute Gasteiger partial charge is 0.256 e. The Morgan fingerprint density at radius 3 is 2.71 bits per heavy atom. The van der Waals surface area contributed by atoms with Gasteiger partial charge in [-0.15, -0.1) is 0 Å². The summed E-state index contributed by atoms with van der Waals surface area (Å²) in [5.74, 6) is 1.97. The molecule has 146 valence electrons. The fourth-order valence-electron chi connectivity index (χ4n) is 4.73. The molecule has 0 saturated carbocycles. The van der Waals surface area contributed by atoms with Crippen LogP contribution in [-0.4, -0.2) is 37.1 Å². The summed E-state index contributed by atoms with van der Waals surface area (Å²) in [7, 11) is 0. The van der Waals surface area contributed by atoms with Crippen molar-refractivity contribution < 1.29 is 18.7 Å². The van der Waals surface area contributed by atoms with E-state index in [4.69, 9.17) is 9.47 Å². The van der Waals surface area contributed by atoms with Crippen LogP contribution in [0.5, 0.6) is 11.5 Å². The molecule has 0 N–H and O–H groups in total. The topological polar surface area (TPSA) is 38.8 Å². The maximum absolute atomic E-state index is 13.9. The van der Waals surface area contributed by atoms with Gasteiger partial charge in [-0.25, -0.2) is 4.39 Å². The molecule has 0 aromatic heterocycles. The number of likely N-dealkylation sites (tertiary alicyclic amines) is 1. The number of halogens is 1. The highest BCUT2D eigenvalue weighted by Crippen LogP contribution is 2.42. The third kappa shape index (κ3) is 3.03. The molecule has 28 heavy (non-hydrogen) atoms. The largest absolute Gasteiger partial charge is 0.493 e. The van der Waals surface area contributed by atoms with Crippen molar-refractivity contribution in [3.63, 3.8) is 0 Å². The molecule has 5 rings (SSSR count). The highest BCUT2D eigenvalue weighted by atomic mass is 19.1. The minimum absolute atomic E-state index is 0.171. The van der Waals surface area contributed by atoms with E-state index in [0.29, 0.717) is 19.0 Å². The normalized spacial score (nSPS) is 18.4. The molecule has 1 saturated heterocycles. The zero-order chi connectivity index (χ0) is 19.1. The number of hydrogen-bond acceptors (Lipinski definition) is 3. The molecule has 1 amide bonds. The van der Waals surface area contributed by atoms with E-state index < -0.39 is 5.82 Å². The fourth-order valence-corrected chi connectivity index (χ4v) is 4.73. The second-order valence-electron chi connectivity index (χ2n) is 7.94. The van der Waals surface area contributed by atoms with Gasteiger partial charge in [0.05, 0.1) is 18.8 Å². The summed E-state index contributed by atoms with van der Waals surface area (Å²) in [5.41, 5.74) is 4.07. The molecule has 0 radical (unpaired) electrons. The van der Waals surface area contributed by atoms with Gasteiger partial charge in [0, 0.05) is 42.6 Å². The molecule has 5 heteroatoms. The summed E-state index contributed by atoms with van der Waals surface area (Å²) in [4.78, 5) is 14.4. The van der Waals surface area contributed by atoms with E-state index in [9.17, 15) is 9.18 Å². The van der Waals surface area contributed by atoms with Crippen molar-refractivity contribution >= 4 is 5.91 Å². The van der Waals surface area contributed by atoms with Crippen molar-refractivity contribution in [3.8, 4) is 11.5 Å². The van der Waals surface area contributed by atoms with Crippen LogP contribution in [0.15, 0.2) is 30.3 Å². The average Bonchev–Trinajstić information content (AvgIpc) is 3.37. The molecule has 0 aliphatic carbocycles. The number of fused-ring (bicyclic) bond motifs is 2. The Morgan fingerprint density at radius 2 is 1.89 bits per heavy atom. The van der Waals surface area contributed by atoms with E-state index in [1.54, 1.807) is 23.1 Å². The van der Waals surface area contributed by atoms with Crippen molar-refractivity contribution in [1.82, 2.24) is 4.90 Å². The van der Waals surface area contributed by atoms with Gasteiger partial charge >= 0.3 is 0 Å². The first kappa shape index (κ1) is 17.5. The number of carbonyl (C=O) groups is 1. The van der Waals surface area contributed by atoms with E-state index in [1.165, 1.54) is 22.8 Å². The minimum atomic E-state index is -0.442. The van der Waals surface area contributed by atoms with Crippen molar-refractivity contribution in [2.45, 2.75) is 32.1 Å². The Bertz CT molecular complexity index is 886. The summed E-state index contributed by atoms with van der Waals surface area (Å²) in [6, 6.07) is 8.39. The highest BCUT2D eigenvalue weighted by molar-refractivity contribution is 5.94. The first-order valence-electron chi connectivity index (χ1n) is 10.2. The molecule has 0 atom stereocenters. The van der Waals surface area contributed by atoms with Crippen LogP contribution < -0.4 is 9.47 Å². The molecule has 2 aromatic carbocycles. The number of rotatable bonds is 3. The van der Waals surface area contributed by atoms with Crippen LogP contribution in [0.3, 0.4) is 0 Å². The number of amides is 1. The van der Waals surface area contributed by atoms with Crippen LogP contribution >= 0.6 is 0 Å². The number of nitrogens with zero attached hydrogens (tertiary/aromatic N) is 1. The minimum Gasteiger partial charge on any atom is -0.493 e. The lowest BCUT2D eigenvalue weighted by molar-refractivity contribution is 0.0685. The van der Waals surface area contributed by atoms with E-state index >= 15 is 0 Å². The van der Waals surface area contributed by atoms with Crippen molar-refractivity contribution in [1.29, 1.82) is 0 Å². The summed E-state index contributed by atoms with van der Waals surface area (Å²) in [6.45, 7) is 2.85. The zero-order valence-electron chi connectivity index (χ0n) is 15.9. The number of benzene rings is 2. The lowest BCUT2D eigenvalue weighted by atomic mass is 9.86. The first-order chi connectivity index (χ1) is 13.7. The van der Waals surface area contributed by atoms with Crippen molar-refractivity contribution in [2.24, 2.45) is 5.92 Å². The Kier molecular flexibility index (Phi) is 4.46. The maximum Gasteiger partial charge on any atom is 0.256 e. The lowest BCUT2D eigenvalue weighted by Gasteiger charge is -2.32. The van der Waals surface area contributed by atoms with Gasteiger partial charge < -0.3 is 14.4 Å². The lowest BCUT2D eigenvalue weighted by Crippen LogP contribution is -2.39. The Hall–Kier alpha value is -2.56. The molecular weight excluding hydrogens is 357 g/mol. The van der Waals surface area contributed by atoms with Crippen molar-refractivity contribution in [3.05, 3.63) is 58.4 Å². The summed E-state index contributed by atoms with van der Waals surface area (Å²) >= 11 is 0. The molecule has 3 heterocycles. The molecule has 0 spiro atoms. The monoisotopic (exact) mass is 381 g/mol. The van der Waals surface area contributed by atoms with Gasteiger partial charge in [0.2, 0.25) is 0 Å². The van der Waals surface area contributed by atoms with Crippen LogP contribution in [0.1, 0.15) is 39.9 Å². The molecule has 1 fully saturated rings. The number of ether oxygens (including phenoxy) is 2. The third-order valence-electron chi connectivity index (χ3n) is 6.26. The second-order valence-corrected chi connectivity index (χ2v) is 7.94. The van der Waals surface area contributed by atoms with Gasteiger partial charge in [-0.2, -0.15) is 0 Å². The van der Waals surface area contributed by atoms with Crippen LogP contribution in [-0.2, 0) is 19.3 Å². The quantitative estimate of drug-likeness (QED) is 0.812. The Morgan fingerprint density at radius 1 is 1.11 bits per heavy atom. The maximum atomic E-state index is 13.9. The van der Waals surface area contributed by atoms with E-state index in [0.717, 1.165) is 56.8 Å². The average molecular weight is 381 g/mol. The number of carbonyl (C=O) groups excluding carboxylic acids is 1. The molecule has 2 aromatic rings. The summed E-state index contributed by atoms with van der Waals surface area (Å²) < 4.78 is 25.7. The summed E-state index contributed by atoms with van der Waals surface area (Å²) in [5, 5.41) is 0. The zero-order valence-corrected chi connectivity index (χ0v) is 15.9. The molecule has 3 aliphatic heterocycles. The third-order valence-corrected chi connectivity index (χ3v) is 6.26. The second kappa shape index (κ2) is 7.12. The first-order valence-corrected chi connectivity index (χ1v) is 10.2. The van der Waals surface area contributed by atoms with Gasteiger partial charge in [0.25, 0.3) is 5.91 Å². The Labute approximate surface area is 164 Å². The molecular formula is C23H24FNO3. The van der Waals surface area contributed by atoms with Crippen molar-refractivity contribution in [2.75, 3.05) is 26.3 Å². The van der Waals surface area contributed by atoms with Gasteiger partial charge in [0.1, 0.15) is 17.3 Å². The van der Waals surface area contributed by atoms with E-state index in [1.807, 2.05) is 0 Å². The predicted octanol–water partition coefficient (Wildman–Crippen LogP) is 3.79. The molecule has 4 nitrogen and oxygen atoms in total. The molecule has 3 aliphatic rings.